The van der Waals surface area contributed by atoms with Gasteiger partial charge in [0.2, 0.25) is 0 Å². The molecule has 3 heteroatoms. The van der Waals surface area contributed by atoms with Gasteiger partial charge in [-0.2, -0.15) is 11.8 Å². The molecule has 0 aliphatic heterocycles. The second-order valence-corrected chi connectivity index (χ2v) is 4.90. The van der Waals surface area contributed by atoms with Crippen molar-refractivity contribution in [3.05, 3.63) is 0 Å². The van der Waals surface area contributed by atoms with Gasteiger partial charge in [-0.15, -0.1) is 0 Å². The summed E-state index contributed by atoms with van der Waals surface area (Å²) >= 11 is 1.72. The number of carbonyl (C=O) groups is 1. The average molecular weight is 231 g/mol. The zero-order chi connectivity index (χ0) is 11.5. The maximum atomic E-state index is 10.8. The molecule has 0 radical (unpaired) electrons. The van der Waals surface area contributed by atoms with E-state index in [-0.39, 0.29) is 6.04 Å². The highest BCUT2D eigenvalue weighted by Gasteiger charge is 2.12. The number of carbonyl (C=O) groups excluding carboxylic acids is 1. The first-order valence-electron chi connectivity index (χ1n) is 5.98. The van der Waals surface area contributed by atoms with Crippen molar-refractivity contribution >= 4 is 18.0 Å². The lowest BCUT2D eigenvalue weighted by Crippen LogP contribution is -2.40. The summed E-state index contributed by atoms with van der Waals surface area (Å²) in [7, 11) is 0. The summed E-state index contributed by atoms with van der Waals surface area (Å²) in [6.07, 6.45) is 9.14. The monoisotopic (exact) mass is 231 g/mol. The molecular formula is C12H25NOS. The van der Waals surface area contributed by atoms with Crippen LogP contribution in [0.25, 0.3) is 0 Å². The second-order valence-electron chi connectivity index (χ2n) is 3.99. The Hall–Kier alpha value is -0.0200. The molecule has 0 heterocycles. The van der Waals surface area contributed by atoms with Crippen LogP contribution in [0.5, 0.6) is 0 Å². The van der Waals surface area contributed by atoms with Gasteiger partial charge < -0.3 is 10.1 Å². The number of rotatable bonds is 10. The molecule has 2 atom stereocenters. The van der Waals surface area contributed by atoms with Gasteiger partial charge in [-0.3, -0.25) is 0 Å². The van der Waals surface area contributed by atoms with E-state index in [0.717, 1.165) is 12.0 Å². The molecule has 0 aromatic heterocycles. The first kappa shape index (κ1) is 15.0. The summed E-state index contributed by atoms with van der Waals surface area (Å²) < 4.78 is 0. The van der Waals surface area contributed by atoms with Crippen molar-refractivity contribution in [2.45, 2.75) is 58.0 Å². The summed E-state index contributed by atoms with van der Waals surface area (Å²) in [5.74, 6) is 0.885. The Labute approximate surface area is 98.6 Å². The molecule has 0 rings (SSSR count). The number of aldehydes is 1. The van der Waals surface area contributed by atoms with Crippen LogP contribution in [-0.2, 0) is 4.79 Å². The van der Waals surface area contributed by atoms with Crippen LogP contribution in [-0.4, -0.2) is 30.4 Å². The lowest BCUT2D eigenvalue weighted by atomic mass is 10.0. The number of hydrogen-bond acceptors (Lipinski definition) is 3. The van der Waals surface area contributed by atoms with Gasteiger partial charge in [0.25, 0.3) is 0 Å². The molecular weight excluding hydrogens is 206 g/mol. The molecule has 0 saturated heterocycles. The smallest absolute Gasteiger partial charge is 0.137 e. The van der Waals surface area contributed by atoms with E-state index >= 15 is 0 Å². The maximum absolute atomic E-state index is 10.8. The molecule has 0 aliphatic rings. The summed E-state index contributed by atoms with van der Waals surface area (Å²) in [6.45, 7) is 4.41. The Balaban J connectivity index is 3.93. The minimum atomic E-state index is 0.0356. The first-order valence-corrected chi connectivity index (χ1v) is 7.38. The standard InChI is InChI=1S/C12H25NOS/c1-4-6-8-11(7-5-2)13-12(9-14)10-15-3/h9,11-13H,4-8,10H2,1-3H3. The Morgan fingerprint density at radius 1 is 1.27 bits per heavy atom. The van der Waals surface area contributed by atoms with Crippen molar-refractivity contribution in [1.82, 2.24) is 5.32 Å². The molecule has 1 N–H and O–H groups in total. The van der Waals surface area contributed by atoms with Crippen molar-refractivity contribution in [1.29, 1.82) is 0 Å². The van der Waals surface area contributed by atoms with Crippen LogP contribution in [0.2, 0.25) is 0 Å². The SMILES string of the molecule is CCCCC(CCC)NC(C=O)CSC. The van der Waals surface area contributed by atoms with E-state index in [9.17, 15) is 4.79 Å². The van der Waals surface area contributed by atoms with Crippen molar-refractivity contribution in [3.63, 3.8) is 0 Å². The predicted molar refractivity (Wildman–Crippen MR) is 69.6 cm³/mol. The van der Waals surface area contributed by atoms with Crippen LogP contribution >= 0.6 is 11.8 Å². The van der Waals surface area contributed by atoms with Crippen molar-refractivity contribution in [3.8, 4) is 0 Å². The Bertz CT molecular complexity index is 153. The van der Waals surface area contributed by atoms with Gasteiger partial charge >= 0.3 is 0 Å². The molecule has 2 unspecified atom stereocenters. The molecule has 90 valence electrons. The van der Waals surface area contributed by atoms with Gasteiger partial charge in [0.15, 0.2) is 0 Å². The van der Waals surface area contributed by atoms with Crippen LogP contribution in [0.15, 0.2) is 0 Å². The summed E-state index contributed by atoms with van der Waals surface area (Å²) in [5.41, 5.74) is 0. The molecule has 0 amide bonds. The fourth-order valence-electron chi connectivity index (χ4n) is 1.72. The fourth-order valence-corrected chi connectivity index (χ4v) is 2.25. The molecule has 2 nitrogen and oxygen atoms in total. The molecule has 0 aromatic carbocycles. The van der Waals surface area contributed by atoms with Gasteiger partial charge in [-0.05, 0) is 19.1 Å². The molecule has 0 saturated carbocycles. The highest BCUT2D eigenvalue weighted by atomic mass is 32.2. The van der Waals surface area contributed by atoms with Gasteiger partial charge in [0, 0.05) is 11.8 Å². The van der Waals surface area contributed by atoms with Crippen LogP contribution in [0.4, 0.5) is 0 Å². The summed E-state index contributed by atoms with van der Waals surface area (Å²) in [6, 6.07) is 0.561. The van der Waals surface area contributed by atoms with Gasteiger partial charge in [-0.1, -0.05) is 33.1 Å². The largest absolute Gasteiger partial charge is 0.304 e. The summed E-state index contributed by atoms with van der Waals surface area (Å²) in [5, 5.41) is 3.45. The van der Waals surface area contributed by atoms with Crippen molar-refractivity contribution in [2.24, 2.45) is 0 Å². The minimum absolute atomic E-state index is 0.0356. The van der Waals surface area contributed by atoms with Crippen LogP contribution in [0.3, 0.4) is 0 Å². The molecule has 0 fully saturated rings. The Kier molecular flexibility index (Phi) is 10.5. The van der Waals surface area contributed by atoms with Crippen molar-refractivity contribution < 1.29 is 4.79 Å². The predicted octanol–water partition coefficient (Wildman–Crippen LogP) is 2.87. The molecule has 15 heavy (non-hydrogen) atoms. The van der Waals surface area contributed by atoms with E-state index in [1.165, 1.54) is 32.1 Å². The topological polar surface area (TPSA) is 29.1 Å². The van der Waals surface area contributed by atoms with Crippen LogP contribution < -0.4 is 5.32 Å². The molecule has 0 aliphatic carbocycles. The quantitative estimate of drug-likeness (QED) is 0.586. The zero-order valence-corrected chi connectivity index (χ0v) is 11.1. The van der Waals surface area contributed by atoms with E-state index in [1.54, 1.807) is 11.8 Å². The van der Waals surface area contributed by atoms with E-state index in [2.05, 4.69) is 19.2 Å². The molecule has 0 aromatic rings. The number of thioether (sulfide) groups is 1. The zero-order valence-electron chi connectivity index (χ0n) is 10.3. The van der Waals surface area contributed by atoms with Crippen LogP contribution in [0, 0.1) is 0 Å². The van der Waals surface area contributed by atoms with Crippen molar-refractivity contribution in [2.75, 3.05) is 12.0 Å². The minimum Gasteiger partial charge on any atom is -0.304 e. The van der Waals surface area contributed by atoms with E-state index in [4.69, 9.17) is 0 Å². The van der Waals surface area contributed by atoms with Crippen LogP contribution in [0.1, 0.15) is 46.0 Å². The van der Waals surface area contributed by atoms with Gasteiger partial charge in [-0.25, -0.2) is 0 Å². The molecule has 0 bridgehead atoms. The third-order valence-electron chi connectivity index (χ3n) is 2.50. The van der Waals surface area contributed by atoms with E-state index in [1.807, 2.05) is 6.26 Å². The number of hydrogen-bond donors (Lipinski definition) is 1. The maximum Gasteiger partial charge on any atom is 0.137 e. The van der Waals surface area contributed by atoms with Gasteiger partial charge in [0.1, 0.15) is 6.29 Å². The first-order chi connectivity index (χ1) is 7.28. The summed E-state index contributed by atoms with van der Waals surface area (Å²) in [4.78, 5) is 10.8. The number of nitrogens with one attached hydrogen (secondary N) is 1. The fraction of sp³-hybridized carbons (Fsp3) is 0.917. The Morgan fingerprint density at radius 3 is 2.47 bits per heavy atom. The van der Waals surface area contributed by atoms with E-state index < -0.39 is 0 Å². The Morgan fingerprint density at radius 2 is 2.00 bits per heavy atom. The highest BCUT2D eigenvalue weighted by molar-refractivity contribution is 7.98. The number of unbranched alkanes of at least 4 members (excludes halogenated alkanes) is 1. The highest BCUT2D eigenvalue weighted by Crippen LogP contribution is 2.08. The lowest BCUT2D eigenvalue weighted by Gasteiger charge is -2.21. The molecule has 0 spiro atoms. The second kappa shape index (κ2) is 10.5. The normalized spacial score (nSPS) is 14.9. The van der Waals surface area contributed by atoms with Gasteiger partial charge in [0.05, 0.1) is 6.04 Å². The van der Waals surface area contributed by atoms with E-state index in [0.29, 0.717) is 6.04 Å². The average Bonchev–Trinajstić information content (AvgIpc) is 2.25. The lowest BCUT2D eigenvalue weighted by molar-refractivity contribution is -0.109. The third-order valence-corrected chi connectivity index (χ3v) is 3.20. The third kappa shape index (κ3) is 7.86.